The molecule has 0 fully saturated rings. The smallest absolute Gasteiger partial charge is 0.203 e. The van der Waals surface area contributed by atoms with Gasteiger partial charge in [-0.3, -0.25) is 9.47 Å². The molecule has 0 bridgehead atoms. The number of benzene rings is 2. The van der Waals surface area contributed by atoms with Crippen molar-refractivity contribution >= 4 is 12.2 Å². The van der Waals surface area contributed by atoms with Crippen LogP contribution in [0.2, 0.25) is 0 Å². The second-order valence-electron chi connectivity index (χ2n) is 7.42. The third-order valence-corrected chi connectivity index (χ3v) is 5.79. The van der Waals surface area contributed by atoms with E-state index >= 15 is 0 Å². The van der Waals surface area contributed by atoms with E-state index in [9.17, 15) is 0 Å². The quantitative estimate of drug-likeness (QED) is 0.594. The van der Waals surface area contributed by atoms with Gasteiger partial charge in [0.25, 0.3) is 0 Å². The first-order valence-corrected chi connectivity index (χ1v) is 10.1. The molecule has 2 heterocycles. The van der Waals surface area contributed by atoms with Crippen LogP contribution >= 0.6 is 12.2 Å². The van der Waals surface area contributed by atoms with Crippen molar-refractivity contribution in [1.29, 1.82) is 0 Å². The van der Waals surface area contributed by atoms with Crippen LogP contribution in [-0.2, 0) is 19.6 Å². The number of fused-ring (bicyclic) bond motifs is 1. The second kappa shape index (κ2) is 8.00. The second-order valence-corrected chi connectivity index (χ2v) is 7.79. The normalized spacial score (nSPS) is 13.9. The summed E-state index contributed by atoms with van der Waals surface area (Å²) in [4.78, 5) is 2.36. The summed E-state index contributed by atoms with van der Waals surface area (Å²) in [6.07, 6.45) is 0.959. The van der Waals surface area contributed by atoms with Gasteiger partial charge in [-0.25, -0.2) is 4.68 Å². The van der Waals surface area contributed by atoms with E-state index in [2.05, 4.69) is 42.2 Å². The van der Waals surface area contributed by atoms with E-state index in [1.54, 1.807) is 14.2 Å². The van der Waals surface area contributed by atoms with Gasteiger partial charge in [0.05, 0.1) is 20.9 Å². The fourth-order valence-electron chi connectivity index (χ4n) is 3.92. The molecule has 7 heteroatoms. The molecule has 6 nitrogen and oxygen atoms in total. The zero-order valence-electron chi connectivity index (χ0n) is 17.3. The number of rotatable bonds is 5. The van der Waals surface area contributed by atoms with Crippen molar-refractivity contribution in [3.63, 3.8) is 0 Å². The lowest BCUT2D eigenvalue weighted by molar-refractivity contribution is 0.187. The maximum Gasteiger partial charge on any atom is 0.203 e. The van der Waals surface area contributed by atoms with Crippen LogP contribution in [0.15, 0.2) is 36.4 Å². The molecule has 152 valence electrons. The Balaban J connectivity index is 1.59. The van der Waals surface area contributed by atoms with E-state index < -0.39 is 0 Å². The zero-order valence-corrected chi connectivity index (χ0v) is 18.1. The van der Waals surface area contributed by atoms with Gasteiger partial charge in [-0.1, -0.05) is 12.1 Å². The van der Waals surface area contributed by atoms with Crippen molar-refractivity contribution in [2.75, 3.05) is 20.8 Å². The molecule has 4 rings (SSSR count). The van der Waals surface area contributed by atoms with Gasteiger partial charge in [0, 0.05) is 18.8 Å². The molecular weight excluding hydrogens is 384 g/mol. The monoisotopic (exact) mass is 410 g/mol. The topological polar surface area (TPSA) is 44.5 Å². The van der Waals surface area contributed by atoms with Crippen molar-refractivity contribution < 1.29 is 9.47 Å². The standard InChI is InChI=1S/C22H26N4O2S/c1-15-6-5-7-19(10-15)26-16(2)23-25(22(26)29)14-24-9-8-17-11-20(27-3)21(28-4)12-18(17)13-24/h5-7,10-12H,8-9,13-14H2,1-4H3. The van der Waals surface area contributed by atoms with Crippen LogP contribution in [0.25, 0.3) is 5.69 Å². The molecule has 0 saturated heterocycles. The van der Waals surface area contributed by atoms with Crippen LogP contribution in [0.5, 0.6) is 11.5 Å². The molecule has 0 spiro atoms. The summed E-state index contributed by atoms with van der Waals surface area (Å²) in [7, 11) is 3.35. The van der Waals surface area contributed by atoms with Crippen LogP contribution in [0.1, 0.15) is 22.5 Å². The van der Waals surface area contributed by atoms with Crippen molar-refractivity contribution in [2.24, 2.45) is 0 Å². The van der Waals surface area contributed by atoms with E-state index in [4.69, 9.17) is 26.8 Å². The number of aromatic nitrogens is 3. The maximum atomic E-state index is 5.76. The number of methoxy groups -OCH3 is 2. The Morgan fingerprint density at radius 3 is 2.45 bits per heavy atom. The molecule has 1 aliphatic rings. The maximum absolute atomic E-state index is 5.76. The molecule has 0 N–H and O–H groups in total. The minimum absolute atomic E-state index is 0.659. The fourth-order valence-corrected chi connectivity index (χ4v) is 4.26. The van der Waals surface area contributed by atoms with Crippen molar-refractivity contribution in [2.45, 2.75) is 33.5 Å². The Morgan fingerprint density at radius 1 is 1.03 bits per heavy atom. The Bertz CT molecular complexity index is 1100. The summed E-state index contributed by atoms with van der Waals surface area (Å²) in [5.74, 6) is 2.45. The molecule has 29 heavy (non-hydrogen) atoms. The zero-order chi connectivity index (χ0) is 20.5. The Kier molecular flexibility index (Phi) is 5.43. The Morgan fingerprint density at radius 2 is 1.76 bits per heavy atom. The van der Waals surface area contributed by atoms with Gasteiger partial charge in [0.2, 0.25) is 4.77 Å². The summed E-state index contributed by atoms with van der Waals surface area (Å²) < 4.78 is 15.6. The molecule has 1 aliphatic heterocycles. The highest BCUT2D eigenvalue weighted by atomic mass is 32.1. The van der Waals surface area contributed by atoms with Gasteiger partial charge in [0.1, 0.15) is 5.82 Å². The average molecular weight is 411 g/mol. The Labute approximate surface area is 176 Å². The van der Waals surface area contributed by atoms with Gasteiger partial charge < -0.3 is 9.47 Å². The van der Waals surface area contributed by atoms with Gasteiger partial charge in [0.15, 0.2) is 11.5 Å². The lowest BCUT2D eigenvalue weighted by Gasteiger charge is -2.29. The average Bonchev–Trinajstić information content (AvgIpc) is 2.99. The number of ether oxygens (including phenoxy) is 2. The highest BCUT2D eigenvalue weighted by Crippen LogP contribution is 2.33. The molecule has 0 saturated carbocycles. The highest BCUT2D eigenvalue weighted by molar-refractivity contribution is 7.71. The summed E-state index contributed by atoms with van der Waals surface area (Å²) in [6.45, 7) is 6.51. The molecule has 0 aliphatic carbocycles. The molecule has 0 amide bonds. The van der Waals surface area contributed by atoms with Crippen molar-refractivity contribution in [1.82, 2.24) is 19.2 Å². The molecule has 0 radical (unpaired) electrons. The van der Waals surface area contributed by atoms with Crippen molar-refractivity contribution in [3.8, 4) is 17.2 Å². The van der Waals surface area contributed by atoms with Crippen LogP contribution in [0.3, 0.4) is 0 Å². The highest BCUT2D eigenvalue weighted by Gasteiger charge is 2.21. The minimum atomic E-state index is 0.659. The van der Waals surface area contributed by atoms with E-state index in [1.807, 2.05) is 22.2 Å². The molecule has 0 unspecified atom stereocenters. The predicted octanol–water partition coefficient (Wildman–Crippen LogP) is 4.05. The third-order valence-electron chi connectivity index (χ3n) is 5.39. The van der Waals surface area contributed by atoms with Gasteiger partial charge in [-0.2, -0.15) is 5.10 Å². The summed E-state index contributed by atoms with van der Waals surface area (Å²) in [5.41, 5.74) is 4.83. The number of hydrogen-bond donors (Lipinski definition) is 0. The first-order valence-electron chi connectivity index (χ1n) is 9.69. The minimum Gasteiger partial charge on any atom is -0.493 e. The summed E-state index contributed by atoms with van der Waals surface area (Å²) in [5, 5.41) is 4.72. The van der Waals surface area contributed by atoms with Gasteiger partial charge in [-0.05, 0) is 73.4 Å². The van der Waals surface area contributed by atoms with Gasteiger partial charge in [-0.15, -0.1) is 0 Å². The number of hydrogen-bond acceptors (Lipinski definition) is 5. The fraction of sp³-hybridized carbons (Fsp3) is 0.364. The van der Waals surface area contributed by atoms with Crippen LogP contribution in [-0.4, -0.2) is 40.0 Å². The first-order chi connectivity index (χ1) is 14.0. The summed E-state index contributed by atoms with van der Waals surface area (Å²) in [6, 6.07) is 12.5. The number of nitrogens with zero attached hydrogens (tertiary/aromatic N) is 4. The molecule has 3 aromatic rings. The SMILES string of the molecule is COc1cc2c(cc1OC)CN(Cn1nc(C)n(-c3cccc(C)c3)c1=S)CC2. The van der Waals surface area contributed by atoms with Crippen molar-refractivity contribution in [3.05, 3.63) is 63.7 Å². The first kappa shape index (κ1) is 19.7. The lowest BCUT2D eigenvalue weighted by atomic mass is 9.99. The van der Waals surface area contributed by atoms with E-state index in [0.717, 1.165) is 42.5 Å². The lowest BCUT2D eigenvalue weighted by Crippen LogP contribution is -2.32. The Hall–Kier alpha value is -2.64. The molecule has 2 aromatic carbocycles. The third kappa shape index (κ3) is 3.80. The molecule has 0 atom stereocenters. The predicted molar refractivity (Wildman–Crippen MR) is 116 cm³/mol. The van der Waals surface area contributed by atoms with E-state index in [-0.39, 0.29) is 0 Å². The largest absolute Gasteiger partial charge is 0.493 e. The number of aryl methyl sites for hydroxylation is 2. The van der Waals surface area contributed by atoms with E-state index in [0.29, 0.717) is 11.4 Å². The van der Waals surface area contributed by atoms with Crippen LogP contribution in [0.4, 0.5) is 0 Å². The van der Waals surface area contributed by atoms with Crippen LogP contribution in [0, 0.1) is 18.6 Å². The molecule has 1 aromatic heterocycles. The van der Waals surface area contributed by atoms with Crippen LogP contribution < -0.4 is 9.47 Å². The summed E-state index contributed by atoms with van der Waals surface area (Å²) >= 11 is 5.76. The van der Waals surface area contributed by atoms with E-state index in [1.165, 1.54) is 16.7 Å². The molecular formula is C22H26N4O2S. The van der Waals surface area contributed by atoms with Gasteiger partial charge >= 0.3 is 0 Å².